The van der Waals surface area contributed by atoms with Crippen LogP contribution in [0.1, 0.15) is 15.9 Å². The lowest BCUT2D eigenvalue weighted by molar-refractivity contribution is 0.0522. The van der Waals surface area contributed by atoms with E-state index in [9.17, 15) is 17.6 Å². The van der Waals surface area contributed by atoms with Crippen molar-refractivity contribution < 1.29 is 26.9 Å². The van der Waals surface area contributed by atoms with Crippen LogP contribution in [0.5, 0.6) is 0 Å². The molecule has 0 aliphatic rings. The van der Waals surface area contributed by atoms with Crippen LogP contribution in [0.15, 0.2) is 18.2 Å². The maximum Gasteiger partial charge on any atom is 0.341 e. The molecule has 1 aromatic carbocycles. The highest BCUT2D eigenvalue weighted by Crippen LogP contribution is 2.13. The van der Waals surface area contributed by atoms with Gasteiger partial charge in [0, 0.05) is 0 Å². The van der Waals surface area contributed by atoms with E-state index in [1.165, 1.54) is 19.1 Å². The largest absolute Gasteiger partial charge is 0.461 e. The Kier molecular flexibility index (Phi) is 4.19. The monoisotopic (exact) mass is 262 g/mol. The van der Waals surface area contributed by atoms with Crippen LogP contribution in [0.4, 0.5) is 4.39 Å². The van der Waals surface area contributed by atoms with Crippen molar-refractivity contribution in [1.82, 2.24) is 0 Å². The minimum atomic E-state index is -4.19. The molecule has 0 saturated heterocycles. The first kappa shape index (κ1) is 13.6. The van der Waals surface area contributed by atoms with E-state index < -0.39 is 34.3 Å². The summed E-state index contributed by atoms with van der Waals surface area (Å²) in [4.78, 5) is 11.4. The van der Waals surface area contributed by atoms with E-state index in [1.807, 2.05) is 0 Å². The fourth-order valence-electron chi connectivity index (χ4n) is 1.20. The number of esters is 1. The van der Waals surface area contributed by atoms with Gasteiger partial charge in [-0.15, -0.1) is 0 Å². The second-order valence-electron chi connectivity index (χ2n) is 3.35. The molecule has 0 radical (unpaired) electrons. The number of halogens is 1. The summed E-state index contributed by atoms with van der Waals surface area (Å²) in [5.74, 6) is -2.40. The summed E-state index contributed by atoms with van der Waals surface area (Å²) in [7, 11) is -4.19. The first-order chi connectivity index (χ1) is 7.81. The van der Waals surface area contributed by atoms with Gasteiger partial charge >= 0.3 is 5.97 Å². The molecule has 0 fully saturated rings. The summed E-state index contributed by atoms with van der Waals surface area (Å²) in [5, 5.41) is 0. The van der Waals surface area contributed by atoms with Crippen molar-refractivity contribution in [3.05, 3.63) is 35.1 Å². The zero-order chi connectivity index (χ0) is 13.1. The second kappa shape index (κ2) is 5.24. The van der Waals surface area contributed by atoms with Gasteiger partial charge < -0.3 is 4.74 Å². The molecule has 0 aliphatic carbocycles. The van der Waals surface area contributed by atoms with Crippen molar-refractivity contribution in [2.75, 3.05) is 12.4 Å². The summed E-state index contributed by atoms with van der Waals surface area (Å²) in [6.07, 6.45) is 0. The fourth-order valence-corrected chi connectivity index (χ4v) is 1.50. The van der Waals surface area contributed by atoms with Crippen LogP contribution in [0.2, 0.25) is 0 Å². The molecule has 0 aromatic heterocycles. The molecule has 0 bridgehead atoms. The molecule has 17 heavy (non-hydrogen) atoms. The highest BCUT2D eigenvalue weighted by Gasteiger charge is 2.16. The zero-order valence-corrected chi connectivity index (χ0v) is 9.83. The molecule has 1 rings (SSSR count). The average Bonchev–Trinajstić information content (AvgIpc) is 2.15. The topological polar surface area (TPSA) is 80.7 Å². The first-order valence-corrected chi connectivity index (χ1v) is 6.29. The quantitative estimate of drug-likeness (QED) is 0.651. The zero-order valence-electron chi connectivity index (χ0n) is 9.01. The predicted molar refractivity (Wildman–Crippen MR) is 57.8 cm³/mol. The molecule has 94 valence electrons. The van der Waals surface area contributed by atoms with Gasteiger partial charge in [0.05, 0.1) is 5.56 Å². The van der Waals surface area contributed by atoms with Gasteiger partial charge in [-0.25, -0.2) is 9.18 Å². The third-order valence-corrected chi connectivity index (χ3v) is 2.68. The maximum absolute atomic E-state index is 13.3. The van der Waals surface area contributed by atoms with E-state index in [0.717, 1.165) is 6.07 Å². The van der Waals surface area contributed by atoms with Crippen molar-refractivity contribution >= 4 is 16.1 Å². The second-order valence-corrected chi connectivity index (χ2v) is 4.93. The Morgan fingerprint density at radius 1 is 1.47 bits per heavy atom. The van der Waals surface area contributed by atoms with E-state index >= 15 is 0 Å². The molecule has 0 amide bonds. The van der Waals surface area contributed by atoms with Crippen LogP contribution >= 0.6 is 0 Å². The maximum atomic E-state index is 13.3. The third-order valence-electron chi connectivity index (χ3n) is 2.00. The smallest absolute Gasteiger partial charge is 0.341 e. The standard InChI is InChI=1S/C10H11FO5S/c1-7-3-2-4-8(11)9(7)10(12)16-5-6-17(13,14)15/h2-4H,5-6H2,1H3,(H,13,14,15). The number of aryl methyl sites for hydroxylation is 1. The summed E-state index contributed by atoms with van der Waals surface area (Å²) >= 11 is 0. The van der Waals surface area contributed by atoms with Gasteiger partial charge in [-0.1, -0.05) is 12.1 Å². The van der Waals surface area contributed by atoms with Gasteiger partial charge in [-0.2, -0.15) is 8.42 Å². The number of rotatable bonds is 4. The van der Waals surface area contributed by atoms with Gasteiger partial charge in [-0.05, 0) is 18.6 Å². The van der Waals surface area contributed by atoms with Gasteiger partial charge in [0.15, 0.2) is 0 Å². The molecule has 0 spiro atoms. The summed E-state index contributed by atoms with van der Waals surface area (Å²) in [6.45, 7) is 1.01. The number of carbonyl (C=O) groups excluding carboxylic acids is 1. The molecule has 0 saturated carbocycles. The van der Waals surface area contributed by atoms with Crippen molar-refractivity contribution in [3.8, 4) is 0 Å². The molecular weight excluding hydrogens is 251 g/mol. The number of benzene rings is 1. The van der Waals surface area contributed by atoms with Crippen molar-refractivity contribution in [3.63, 3.8) is 0 Å². The lowest BCUT2D eigenvalue weighted by atomic mass is 10.1. The summed E-state index contributed by atoms with van der Waals surface area (Å²) < 4.78 is 47.0. The predicted octanol–water partition coefficient (Wildman–Crippen LogP) is 1.18. The fraction of sp³-hybridized carbons (Fsp3) is 0.300. The Bertz CT molecular complexity index is 503. The number of hydrogen-bond acceptors (Lipinski definition) is 4. The highest BCUT2D eigenvalue weighted by atomic mass is 32.2. The average molecular weight is 262 g/mol. The van der Waals surface area contributed by atoms with Crippen LogP contribution in [-0.4, -0.2) is 31.3 Å². The Balaban J connectivity index is 2.71. The van der Waals surface area contributed by atoms with Crippen LogP contribution < -0.4 is 0 Å². The lowest BCUT2D eigenvalue weighted by Gasteiger charge is -2.07. The molecular formula is C10H11FO5S. The van der Waals surface area contributed by atoms with E-state index in [4.69, 9.17) is 4.55 Å². The molecule has 1 aromatic rings. The molecule has 0 aliphatic heterocycles. The molecule has 1 N–H and O–H groups in total. The van der Waals surface area contributed by atoms with Crippen LogP contribution in [0.25, 0.3) is 0 Å². The van der Waals surface area contributed by atoms with E-state index in [0.29, 0.717) is 5.56 Å². The lowest BCUT2D eigenvalue weighted by Crippen LogP contribution is -2.16. The van der Waals surface area contributed by atoms with Crippen LogP contribution in [-0.2, 0) is 14.9 Å². The molecule has 0 atom stereocenters. The number of carbonyl (C=O) groups is 1. The van der Waals surface area contributed by atoms with Gasteiger partial charge in [-0.3, -0.25) is 4.55 Å². The minimum absolute atomic E-state index is 0.233. The third kappa shape index (κ3) is 4.12. The van der Waals surface area contributed by atoms with E-state index in [1.54, 1.807) is 0 Å². The highest BCUT2D eigenvalue weighted by molar-refractivity contribution is 7.85. The van der Waals surface area contributed by atoms with Crippen molar-refractivity contribution in [2.24, 2.45) is 0 Å². The van der Waals surface area contributed by atoms with Crippen molar-refractivity contribution in [2.45, 2.75) is 6.92 Å². The Hall–Kier alpha value is -1.47. The van der Waals surface area contributed by atoms with E-state index in [-0.39, 0.29) is 5.56 Å². The molecule has 5 nitrogen and oxygen atoms in total. The minimum Gasteiger partial charge on any atom is -0.461 e. The summed E-state index contributed by atoms with van der Waals surface area (Å²) in [6, 6.07) is 4.08. The van der Waals surface area contributed by atoms with Crippen LogP contribution in [0.3, 0.4) is 0 Å². The van der Waals surface area contributed by atoms with Crippen LogP contribution in [0, 0.1) is 12.7 Å². The molecule has 7 heteroatoms. The Morgan fingerprint density at radius 3 is 2.65 bits per heavy atom. The Labute approximate surface area is 98.0 Å². The molecule has 0 unspecified atom stereocenters. The van der Waals surface area contributed by atoms with E-state index in [2.05, 4.69) is 4.74 Å². The Morgan fingerprint density at radius 2 is 2.12 bits per heavy atom. The molecule has 0 heterocycles. The number of hydrogen-bond donors (Lipinski definition) is 1. The van der Waals surface area contributed by atoms with Gasteiger partial charge in [0.25, 0.3) is 10.1 Å². The first-order valence-electron chi connectivity index (χ1n) is 4.68. The number of ether oxygens (including phenoxy) is 1. The normalized spacial score (nSPS) is 11.2. The van der Waals surface area contributed by atoms with Gasteiger partial charge in [0.2, 0.25) is 0 Å². The summed E-state index contributed by atoms with van der Waals surface area (Å²) in [5.41, 5.74) is 0.157. The SMILES string of the molecule is Cc1cccc(F)c1C(=O)OCCS(=O)(=O)O. The van der Waals surface area contributed by atoms with Crippen molar-refractivity contribution in [1.29, 1.82) is 0 Å². The van der Waals surface area contributed by atoms with Gasteiger partial charge in [0.1, 0.15) is 18.2 Å².